The van der Waals surface area contributed by atoms with Crippen molar-refractivity contribution in [2.75, 3.05) is 0 Å². The second kappa shape index (κ2) is 2.88. The highest BCUT2D eigenvalue weighted by Crippen LogP contribution is 1.51. The Morgan fingerprint density at radius 1 is 1.57 bits per heavy atom. The van der Waals surface area contributed by atoms with Crippen molar-refractivity contribution in [3.8, 4) is 0 Å². The number of hydrazone groups is 1. The number of hydrogen-bond donors (Lipinski definition) is 3. The van der Waals surface area contributed by atoms with Gasteiger partial charge in [0.05, 0.1) is 5.29 Å². The van der Waals surface area contributed by atoms with Crippen LogP contribution in [-0.4, -0.2) is 5.96 Å². The fourth-order valence-electron chi connectivity index (χ4n) is 0.0781. The molecule has 0 saturated heterocycles. The molecule has 5 N–H and O–H groups in total. The lowest BCUT2D eigenvalue weighted by Crippen LogP contribution is -2.24. The molecule has 0 rings (SSSR count). The average Bonchev–Trinajstić information content (AvgIpc) is 1.61. The van der Waals surface area contributed by atoms with E-state index < -0.39 is 0 Å². The molecule has 40 valence electrons. The molecule has 0 unspecified atom stereocenters. The Balaban J connectivity index is 3.25. The summed E-state index contributed by atoms with van der Waals surface area (Å²) in [4.78, 5) is 9.13. The van der Waals surface area contributed by atoms with Gasteiger partial charge in [0.1, 0.15) is 0 Å². The van der Waals surface area contributed by atoms with Crippen LogP contribution in [0, 0.1) is 4.91 Å². The summed E-state index contributed by atoms with van der Waals surface area (Å²) in [6, 6.07) is 0. The zero-order valence-electron chi connectivity index (χ0n) is 3.46. The van der Waals surface area contributed by atoms with E-state index in [2.05, 4.69) is 10.4 Å². The molecule has 0 aromatic carbocycles. The molecule has 6 heteroatoms. The molecule has 0 aliphatic carbocycles. The van der Waals surface area contributed by atoms with Gasteiger partial charge in [0.25, 0.3) is 0 Å². The van der Waals surface area contributed by atoms with Crippen LogP contribution in [0.2, 0.25) is 0 Å². The highest BCUT2D eigenvalue weighted by atomic mass is 16.3. The Kier molecular flexibility index (Phi) is 2.34. The van der Waals surface area contributed by atoms with Crippen molar-refractivity contribution in [1.82, 2.24) is 5.53 Å². The highest BCUT2D eigenvalue weighted by molar-refractivity contribution is 5.75. The maximum Gasteiger partial charge on any atom is 0.210 e. The molecule has 0 amide bonds. The minimum Gasteiger partial charge on any atom is -0.369 e. The molecule has 0 aliphatic heterocycles. The number of rotatable bonds is 2. The van der Waals surface area contributed by atoms with Crippen molar-refractivity contribution in [2.24, 2.45) is 21.9 Å². The van der Waals surface area contributed by atoms with Crippen LogP contribution < -0.4 is 17.0 Å². The van der Waals surface area contributed by atoms with Gasteiger partial charge in [-0.05, 0) is 0 Å². The average molecular weight is 103 g/mol. The lowest BCUT2D eigenvalue weighted by atomic mass is 11.1. The molecule has 7 heavy (non-hydrogen) atoms. The van der Waals surface area contributed by atoms with Crippen molar-refractivity contribution in [1.29, 1.82) is 0 Å². The Morgan fingerprint density at radius 3 is 2.29 bits per heavy atom. The molecule has 0 fully saturated rings. The first-order chi connectivity index (χ1) is 3.27. The zero-order valence-corrected chi connectivity index (χ0v) is 3.46. The molecule has 6 nitrogen and oxygen atoms in total. The molecule has 0 spiro atoms. The van der Waals surface area contributed by atoms with Crippen LogP contribution in [0.1, 0.15) is 0 Å². The molecule has 0 heterocycles. The number of hydrogen-bond acceptors (Lipinski definition) is 3. The predicted octanol–water partition coefficient (Wildman–Crippen LogP) is -1.55. The van der Waals surface area contributed by atoms with Crippen molar-refractivity contribution in [3.05, 3.63) is 4.91 Å². The third kappa shape index (κ3) is 4.67. The van der Waals surface area contributed by atoms with Crippen LogP contribution in [-0.2, 0) is 0 Å². The van der Waals surface area contributed by atoms with E-state index in [-0.39, 0.29) is 5.96 Å². The predicted molar refractivity (Wildman–Crippen MR) is 24.7 cm³/mol. The van der Waals surface area contributed by atoms with Crippen molar-refractivity contribution in [2.45, 2.75) is 0 Å². The third-order valence-electron chi connectivity index (χ3n) is 0.220. The quantitative estimate of drug-likeness (QED) is 0.170. The molecule has 0 atom stereocenters. The minimum absolute atomic E-state index is 0.223. The Morgan fingerprint density at radius 2 is 2.14 bits per heavy atom. The molecule has 0 aromatic heterocycles. The molecule has 0 saturated carbocycles. The van der Waals surface area contributed by atoms with Gasteiger partial charge in [-0.15, -0.1) is 10.0 Å². The van der Waals surface area contributed by atoms with E-state index in [9.17, 15) is 0 Å². The molecular formula is CH5N5O. The van der Waals surface area contributed by atoms with Gasteiger partial charge in [0.2, 0.25) is 5.96 Å². The molecule has 0 radical (unpaired) electrons. The summed E-state index contributed by atoms with van der Waals surface area (Å²) in [5.41, 5.74) is 11.1. The lowest BCUT2D eigenvalue weighted by molar-refractivity contribution is 0.794. The number of nitrogens with one attached hydrogen (secondary N) is 1. The summed E-state index contributed by atoms with van der Waals surface area (Å²) in [5.74, 6) is -0.223. The summed E-state index contributed by atoms with van der Waals surface area (Å²) in [6.45, 7) is 0. The normalized spacial score (nSPS) is 6.86. The largest absolute Gasteiger partial charge is 0.369 e. The van der Waals surface area contributed by atoms with Crippen molar-refractivity contribution in [3.63, 3.8) is 0 Å². The number of nitrogens with two attached hydrogens (primary N) is 2. The van der Waals surface area contributed by atoms with Gasteiger partial charge in [-0.3, -0.25) is 0 Å². The van der Waals surface area contributed by atoms with E-state index in [1.165, 1.54) is 0 Å². The maximum absolute atomic E-state index is 9.13. The summed E-state index contributed by atoms with van der Waals surface area (Å²) >= 11 is 0. The van der Waals surface area contributed by atoms with Gasteiger partial charge in [0.15, 0.2) is 0 Å². The first-order valence-corrected chi connectivity index (χ1v) is 1.43. The summed E-state index contributed by atoms with van der Waals surface area (Å²) in [7, 11) is 0. The zero-order chi connectivity index (χ0) is 5.70. The van der Waals surface area contributed by atoms with Crippen LogP contribution >= 0.6 is 0 Å². The third-order valence-corrected chi connectivity index (χ3v) is 0.220. The fourth-order valence-corrected chi connectivity index (χ4v) is 0.0781. The van der Waals surface area contributed by atoms with Crippen LogP contribution in [0.3, 0.4) is 0 Å². The van der Waals surface area contributed by atoms with Crippen LogP contribution in [0.15, 0.2) is 10.4 Å². The molecule has 0 aliphatic rings. The topological polar surface area (TPSA) is 106 Å². The van der Waals surface area contributed by atoms with Gasteiger partial charge >= 0.3 is 0 Å². The number of nitrogens with zero attached hydrogens (tertiary/aromatic N) is 2. The number of guanidine groups is 1. The van der Waals surface area contributed by atoms with Gasteiger partial charge in [0, 0.05) is 0 Å². The fraction of sp³-hybridized carbons (Fsp3) is 0. The van der Waals surface area contributed by atoms with Crippen LogP contribution in [0.5, 0.6) is 0 Å². The number of nitroso groups, excluding NO2 is 1. The van der Waals surface area contributed by atoms with Crippen LogP contribution in [0.25, 0.3) is 0 Å². The van der Waals surface area contributed by atoms with Crippen molar-refractivity contribution < 1.29 is 0 Å². The second-order valence-electron chi connectivity index (χ2n) is 0.728. The van der Waals surface area contributed by atoms with E-state index in [4.69, 9.17) is 16.4 Å². The van der Waals surface area contributed by atoms with Gasteiger partial charge in [-0.25, -0.2) is 0 Å². The Hall–Kier alpha value is -1.33. The standard InChI is InChI=1S/CH5N5O/c2-1(3)4-5-6-7/h(H,5,7)(H4,2,3,4,6). The molecular weight excluding hydrogens is 98.0 g/mol. The smallest absolute Gasteiger partial charge is 0.210 e. The Bertz CT molecular complexity index is 82.1. The van der Waals surface area contributed by atoms with E-state index in [1.54, 1.807) is 5.53 Å². The maximum atomic E-state index is 9.13. The Labute approximate surface area is 39.5 Å². The van der Waals surface area contributed by atoms with E-state index in [1.807, 2.05) is 0 Å². The minimum atomic E-state index is -0.223. The lowest BCUT2D eigenvalue weighted by Gasteiger charge is -1.83. The first kappa shape index (κ1) is 5.67. The van der Waals surface area contributed by atoms with Crippen LogP contribution in [0.4, 0.5) is 0 Å². The summed E-state index contributed by atoms with van der Waals surface area (Å²) < 4.78 is 0. The van der Waals surface area contributed by atoms with E-state index in [0.29, 0.717) is 0 Å². The SMILES string of the molecule is NC(N)=NNN=O. The monoisotopic (exact) mass is 103 g/mol. The molecule has 0 aromatic rings. The van der Waals surface area contributed by atoms with Gasteiger partial charge in [-0.1, -0.05) is 0 Å². The summed E-state index contributed by atoms with van der Waals surface area (Å²) in [5, 5.41) is 5.11. The summed E-state index contributed by atoms with van der Waals surface area (Å²) in [6.07, 6.45) is 0. The second-order valence-corrected chi connectivity index (χ2v) is 0.728. The van der Waals surface area contributed by atoms with E-state index >= 15 is 0 Å². The van der Waals surface area contributed by atoms with Crippen molar-refractivity contribution >= 4 is 5.96 Å². The van der Waals surface area contributed by atoms with E-state index in [0.717, 1.165) is 0 Å². The van der Waals surface area contributed by atoms with Gasteiger partial charge in [-0.2, -0.15) is 5.53 Å². The molecule has 0 bridgehead atoms. The first-order valence-electron chi connectivity index (χ1n) is 1.43. The highest BCUT2D eigenvalue weighted by Gasteiger charge is 1.71. The van der Waals surface area contributed by atoms with Gasteiger partial charge < -0.3 is 11.5 Å².